The summed E-state index contributed by atoms with van der Waals surface area (Å²) in [6.45, 7) is 8.12. The smallest absolute Gasteiger partial charge is 0.184 e. The summed E-state index contributed by atoms with van der Waals surface area (Å²) >= 11 is 1.59. The largest absolute Gasteiger partial charge is 0.355 e. The second-order valence-corrected chi connectivity index (χ2v) is 8.71. The summed E-state index contributed by atoms with van der Waals surface area (Å²) < 4.78 is 5.30. The van der Waals surface area contributed by atoms with Crippen LogP contribution in [-0.4, -0.2) is 59.5 Å². The van der Waals surface area contributed by atoms with Crippen LogP contribution in [0.4, 0.5) is 0 Å². The fraction of sp³-hybridized carbons (Fsp3) is 0.619. The van der Waals surface area contributed by atoms with E-state index in [1.54, 1.807) is 17.4 Å². The molecule has 1 saturated heterocycles. The Hall–Kier alpha value is -1.50. The third kappa shape index (κ3) is 5.50. The van der Waals surface area contributed by atoms with E-state index >= 15 is 0 Å². The lowest BCUT2D eigenvalue weighted by Crippen LogP contribution is -2.54. The highest BCUT2D eigenvalue weighted by atomic mass is 32.1. The molecule has 3 heterocycles. The van der Waals surface area contributed by atoms with Crippen molar-refractivity contribution < 1.29 is 9.32 Å². The van der Waals surface area contributed by atoms with Crippen molar-refractivity contribution in [3.8, 4) is 10.6 Å². The molecule has 1 aliphatic rings. The molecule has 2 atom stereocenters. The number of rotatable bonds is 9. The topological polar surface area (TPSA) is 49.6 Å². The summed E-state index contributed by atoms with van der Waals surface area (Å²) in [5, 5.41) is 5.93. The summed E-state index contributed by atoms with van der Waals surface area (Å²) in [4.78, 5) is 18.3. The average molecular weight is 390 g/mol. The van der Waals surface area contributed by atoms with Crippen molar-refractivity contribution in [2.45, 2.75) is 58.0 Å². The standard InChI is InChI=1S/C21H31N3O2S/c1-16-14-24(15-17(2)23(16)3)11-7-5-4-6-9-19(25)18-13-20(26-22-18)21-10-8-12-27-21/h8,10,12-13,16-17H,4-7,9,11,14-15H2,1-3H3. The van der Waals surface area contributed by atoms with Crippen LogP contribution in [0.3, 0.4) is 0 Å². The highest BCUT2D eigenvalue weighted by molar-refractivity contribution is 7.13. The van der Waals surface area contributed by atoms with E-state index in [9.17, 15) is 4.79 Å². The summed E-state index contributed by atoms with van der Waals surface area (Å²) in [5.41, 5.74) is 0.457. The lowest BCUT2D eigenvalue weighted by Gasteiger charge is -2.42. The highest BCUT2D eigenvalue weighted by Gasteiger charge is 2.25. The number of nitrogens with zero attached hydrogens (tertiary/aromatic N) is 3. The summed E-state index contributed by atoms with van der Waals surface area (Å²) in [6, 6.07) is 6.97. The Morgan fingerprint density at radius 1 is 1.22 bits per heavy atom. The minimum absolute atomic E-state index is 0.0864. The predicted octanol–water partition coefficient (Wildman–Crippen LogP) is 4.56. The first-order valence-corrected chi connectivity index (χ1v) is 10.9. The molecule has 2 aromatic heterocycles. The molecule has 6 heteroatoms. The molecule has 5 nitrogen and oxygen atoms in total. The molecular formula is C21H31N3O2S. The van der Waals surface area contributed by atoms with Crippen molar-refractivity contribution in [2.24, 2.45) is 0 Å². The number of hydrogen-bond donors (Lipinski definition) is 0. The Labute approximate surface area is 166 Å². The molecule has 0 N–H and O–H groups in total. The van der Waals surface area contributed by atoms with Gasteiger partial charge in [-0.25, -0.2) is 0 Å². The van der Waals surface area contributed by atoms with Gasteiger partial charge in [0.25, 0.3) is 0 Å². The van der Waals surface area contributed by atoms with E-state index in [4.69, 9.17) is 4.52 Å². The first-order chi connectivity index (χ1) is 13.0. The molecule has 3 rings (SSSR count). The molecule has 0 saturated carbocycles. The van der Waals surface area contributed by atoms with Crippen LogP contribution in [0.1, 0.15) is 56.4 Å². The zero-order valence-corrected chi connectivity index (χ0v) is 17.5. The molecule has 0 aromatic carbocycles. The minimum atomic E-state index is 0.0864. The quantitative estimate of drug-likeness (QED) is 0.465. The number of thiophene rings is 1. The molecule has 0 bridgehead atoms. The third-order valence-electron chi connectivity index (χ3n) is 5.62. The van der Waals surface area contributed by atoms with Gasteiger partial charge in [0.2, 0.25) is 0 Å². The Bertz CT molecular complexity index is 701. The van der Waals surface area contributed by atoms with E-state index < -0.39 is 0 Å². The van der Waals surface area contributed by atoms with E-state index in [1.165, 1.54) is 19.4 Å². The number of Topliss-reactive ketones (excluding diaryl/α,β-unsaturated/α-hetero) is 1. The average Bonchev–Trinajstić information content (AvgIpc) is 3.33. The van der Waals surface area contributed by atoms with Crippen LogP contribution >= 0.6 is 11.3 Å². The van der Waals surface area contributed by atoms with Gasteiger partial charge < -0.3 is 9.42 Å². The monoisotopic (exact) mass is 389 g/mol. The molecule has 0 amide bonds. The molecule has 0 aliphatic carbocycles. The van der Waals surface area contributed by atoms with E-state index in [-0.39, 0.29) is 5.78 Å². The second kappa shape index (κ2) is 9.62. The second-order valence-electron chi connectivity index (χ2n) is 7.76. The van der Waals surface area contributed by atoms with Crippen molar-refractivity contribution in [3.63, 3.8) is 0 Å². The summed E-state index contributed by atoms with van der Waals surface area (Å²) in [5.74, 6) is 0.771. The van der Waals surface area contributed by atoms with Crippen LogP contribution in [-0.2, 0) is 0 Å². The predicted molar refractivity (Wildman–Crippen MR) is 110 cm³/mol. The van der Waals surface area contributed by atoms with Gasteiger partial charge in [0, 0.05) is 37.7 Å². The maximum absolute atomic E-state index is 12.3. The van der Waals surface area contributed by atoms with Crippen LogP contribution in [0.5, 0.6) is 0 Å². The molecule has 0 radical (unpaired) electrons. The summed E-state index contributed by atoms with van der Waals surface area (Å²) in [6.07, 6.45) is 4.97. The first-order valence-electron chi connectivity index (χ1n) is 10.0. The van der Waals surface area contributed by atoms with Crippen LogP contribution < -0.4 is 0 Å². The lowest BCUT2D eigenvalue weighted by molar-refractivity contribution is 0.0591. The molecule has 2 aromatic rings. The van der Waals surface area contributed by atoms with E-state index in [0.717, 1.165) is 30.8 Å². The molecule has 2 unspecified atom stereocenters. The first kappa shape index (κ1) is 20.2. The number of carbonyl (C=O) groups is 1. The third-order valence-corrected chi connectivity index (χ3v) is 6.51. The minimum Gasteiger partial charge on any atom is -0.355 e. The van der Waals surface area contributed by atoms with E-state index in [1.807, 2.05) is 17.5 Å². The number of likely N-dealkylation sites (N-methyl/N-ethyl adjacent to an activating group) is 1. The van der Waals surface area contributed by atoms with Gasteiger partial charge in [-0.15, -0.1) is 11.3 Å². The molecular weight excluding hydrogens is 358 g/mol. The van der Waals surface area contributed by atoms with Crippen molar-refractivity contribution in [2.75, 3.05) is 26.7 Å². The van der Waals surface area contributed by atoms with Gasteiger partial charge >= 0.3 is 0 Å². The number of carbonyl (C=O) groups excluding carboxylic acids is 1. The Morgan fingerprint density at radius 3 is 2.67 bits per heavy atom. The fourth-order valence-corrected chi connectivity index (χ4v) is 4.41. The van der Waals surface area contributed by atoms with Gasteiger partial charge in [-0.3, -0.25) is 9.69 Å². The zero-order chi connectivity index (χ0) is 19.2. The molecule has 1 aliphatic heterocycles. The number of ketones is 1. The van der Waals surface area contributed by atoms with Crippen molar-refractivity contribution in [1.82, 2.24) is 15.0 Å². The number of hydrogen-bond acceptors (Lipinski definition) is 6. The van der Waals surface area contributed by atoms with Gasteiger partial charge in [0.1, 0.15) is 5.69 Å². The van der Waals surface area contributed by atoms with E-state index in [2.05, 4.69) is 35.9 Å². The SMILES string of the molecule is CC1CN(CCCCCCC(=O)c2cc(-c3cccs3)on2)CC(C)N1C. The number of unbranched alkanes of at least 4 members (excludes halogenated alkanes) is 3. The van der Waals surface area contributed by atoms with Crippen molar-refractivity contribution >= 4 is 17.1 Å². The molecule has 27 heavy (non-hydrogen) atoms. The van der Waals surface area contributed by atoms with Crippen LogP contribution in [0.2, 0.25) is 0 Å². The van der Waals surface area contributed by atoms with Gasteiger partial charge in [-0.2, -0.15) is 0 Å². The summed E-state index contributed by atoms with van der Waals surface area (Å²) in [7, 11) is 2.22. The van der Waals surface area contributed by atoms with Gasteiger partial charge in [0.15, 0.2) is 11.5 Å². The lowest BCUT2D eigenvalue weighted by atomic mass is 10.1. The van der Waals surface area contributed by atoms with Crippen LogP contribution in [0.15, 0.2) is 28.1 Å². The molecule has 148 valence electrons. The highest BCUT2D eigenvalue weighted by Crippen LogP contribution is 2.25. The zero-order valence-electron chi connectivity index (χ0n) is 16.7. The van der Waals surface area contributed by atoms with E-state index in [0.29, 0.717) is 30.0 Å². The Morgan fingerprint density at radius 2 is 1.96 bits per heavy atom. The van der Waals surface area contributed by atoms with Gasteiger partial charge in [-0.05, 0) is 51.7 Å². The number of aromatic nitrogens is 1. The number of piperazine rings is 1. The maximum atomic E-state index is 12.3. The maximum Gasteiger partial charge on any atom is 0.184 e. The van der Waals surface area contributed by atoms with Crippen molar-refractivity contribution in [1.29, 1.82) is 0 Å². The Balaban J connectivity index is 1.31. The van der Waals surface area contributed by atoms with Gasteiger partial charge in [-0.1, -0.05) is 24.1 Å². The molecule has 1 fully saturated rings. The Kier molecular flexibility index (Phi) is 7.21. The fourth-order valence-electron chi connectivity index (χ4n) is 3.74. The molecule has 0 spiro atoms. The van der Waals surface area contributed by atoms with Crippen molar-refractivity contribution in [3.05, 3.63) is 29.3 Å². The van der Waals surface area contributed by atoms with Gasteiger partial charge in [0.05, 0.1) is 4.88 Å². The normalized spacial score (nSPS) is 21.6. The van der Waals surface area contributed by atoms with Crippen LogP contribution in [0, 0.1) is 0 Å². The van der Waals surface area contributed by atoms with Crippen LogP contribution in [0.25, 0.3) is 10.6 Å².